The van der Waals surface area contributed by atoms with Crippen LogP contribution in [-0.4, -0.2) is 35.4 Å². The van der Waals surface area contributed by atoms with E-state index in [2.05, 4.69) is 4.98 Å². The third-order valence-corrected chi connectivity index (χ3v) is 2.08. The first-order valence-electron chi connectivity index (χ1n) is 4.61. The van der Waals surface area contributed by atoms with Crippen LogP contribution in [-0.2, 0) is 0 Å². The third kappa shape index (κ3) is 2.68. The molecule has 0 saturated carbocycles. The van der Waals surface area contributed by atoms with Gasteiger partial charge in [0.05, 0.1) is 12.7 Å². The van der Waals surface area contributed by atoms with E-state index < -0.39 is 6.10 Å². The molecule has 78 valence electrons. The Morgan fingerprint density at radius 2 is 2.21 bits per heavy atom. The van der Waals surface area contributed by atoms with Crippen LogP contribution in [0.3, 0.4) is 0 Å². The van der Waals surface area contributed by atoms with Crippen LogP contribution in [0.15, 0.2) is 18.3 Å². The summed E-state index contributed by atoms with van der Waals surface area (Å²) in [6.45, 7) is 2.37. The summed E-state index contributed by atoms with van der Waals surface area (Å²) in [5.74, 6) is 0.795. The highest BCUT2D eigenvalue weighted by molar-refractivity contribution is 5.38. The summed E-state index contributed by atoms with van der Waals surface area (Å²) in [7, 11) is 1.86. The fraction of sp³-hybridized carbons (Fsp3) is 0.500. The summed E-state index contributed by atoms with van der Waals surface area (Å²) in [4.78, 5) is 6.03. The van der Waals surface area contributed by atoms with E-state index in [1.165, 1.54) is 0 Å². The zero-order valence-electron chi connectivity index (χ0n) is 8.51. The van der Waals surface area contributed by atoms with Gasteiger partial charge in [-0.2, -0.15) is 0 Å². The van der Waals surface area contributed by atoms with Crippen molar-refractivity contribution >= 4 is 5.82 Å². The van der Waals surface area contributed by atoms with Gasteiger partial charge in [-0.15, -0.1) is 0 Å². The van der Waals surface area contributed by atoms with Crippen LogP contribution in [0, 0.1) is 0 Å². The molecule has 0 saturated heterocycles. The molecule has 4 nitrogen and oxygen atoms in total. The lowest BCUT2D eigenvalue weighted by molar-refractivity contribution is 0.199. The Morgan fingerprint density at radius 1 is 1.50 bits per heavy atom. The number of nitrogens with zero attached hydrogens (tertiary/aromatic N) is 2. The number of hydrogen-bond acceptors (Lipinski definition) is 4. The van der Waals surface area contributed by atoms with Crippen molar-refractivity contribution in [3.63, 3.8) is 0 Å². The molecule has 0 fully saturated rings. The zero-order chi connectivity index (χ0) is 10.6. The van der Waals surface area contributed by atoms with Crippen LogP contribution in [0.25, 0.3) is 0 Å². The number of hydrogen-bond donors (Lipinski definition) is 2. The molecule has 14 heavy (non-hydrogen) atoms. The van der Waals surface area contributed by atoms with Gasteiger partial charge in [-0.05, 0) is 18.6 Å². The van der Waals surface area contributed by atoms with Gasteiger partial charge in [0.1, 0.15) is 5.82 Å². The predicted octanol–water partition coefficient (Wildman–Crippen LogP) is 0.563. The average molecular weight is 196 g/mol. The number of anilines is 1. The lowest BCUT2D eigenvalue weighted by Gasteiger charge is -2.16. The maximum absolute atomic E-state index is 9.26. The Labute approximate surface area is 83.8 Å². The Bertz CT molecular complexity index is 272. The van der Waals surface area contributed by atoms with Gasteiger partial charge in [-0.25, -0.2) is 4.98 Å². The molecule has 1 atom stereocenters. The van der Waals surface area contributed by atoms with Gasteiger partial charge >= 0.3 is 0 Å². The number of aliphatic hydroxyl groups excluding tert-OH is 2. The number of likely N-dealkylation sites (N-methyl/N-ethyl adjacent to an activating group) is 1. The number of pyridine rings is 1. The van der Waals surface area contributed by atoms with Crippen LogP contribution in [0.4, 0.5) is 5.82 Å². The molecule has 0 aliphatic carbocycles. The molecule has 0 aliphatic rings. The van der Waals surface area contributed by atoms with Crippen molar-refractivity contribution in [2.75, 3.05) is 25.1 Å². The summed E-state index contributed by atoms with van der Waals surface area (Å²) in [6.07, 6.45) is 1.16. The largest absolute Gasteiger partial charge is 0.395 e. The highest BCUT2D eigenvalue weighted by Gasteiger charge is 2.03. The Hall–Kier alpha value is -1.13. The molecule has 1 aromatic heterocycles. The van der Waals surface area contributed by atoms with Crippen molar-refractivity contribution in [1.82, 2.24) is 4.98 Å². The molecule has 1 aromatic rings. The number of aliphatic hydroxyl groups is 2. The predicted molar refractivity (Wildman–Crippen MR) is 55.2 cm³/mol. The first-order valence-corrected chi connectivity index (χ1v) is 4.61. The normalized spacial score (nSPS) is 12.6. The standard InChI is InChI=1S/C10H16N2O2/c1-8(14)9-3-4-10(11-7-9)12(2)5-6-13/h3-4,7-8,13-14H,5-6H2,1-2H3/t8-/m0/s1. The molecule has 0 aromatic carbocycles. The second kappa shape index (κ2) is 4.93. The maximum Gasteiger partial charge on any atom is 0.128 e. The van der Waals surface area contributed by atoms with Gasteiger partial charge in [0, 0.05) is 19.8 Å². The summed E-state index contributed by atoms with van der Waals surface area (Å²) < 4.78 is 0. The van der Waals surface area contributed by atoms with E-state index >= 15 is 0 Å². The van der Waals surface area contributed by atoms with Crippen molar-refractivity contribution in [2.24, 2.45) is 0 Å². The van der Waals surface area contributed by atoms with Crippen molar-refractivity contribution < 1.29 is 10.2 Å². The quantitative estimate of drug-likeness (QED) is 0.739. The topological polar surface area (TPSA) is 56.6 Å². The lowest BCUT2D eigenvalue weighted by atomic mass is 10.2. The fourth-order valence-electron chi connectivity index (χ4n) is 1.13. The smallest absolute Gasteiger partial charge is 0.128 e. The molecule has 0 bridgehead atoms. The zero-order valence-corrected chi connectivity index (χ0v) is 8.51. The summed E-state index contributed by atoms with van der Waals surface area (Å²) in [5, 5.41) is 18.0. The van der Waals surface area contributed by atoms with Crippen molar-refractivity contribution in [3.8, 4) is 0 Å². The van der Waals surface area contributed by atoms with E-state index in [1.807, 2.05) is 24.1 Å². The van der Waals surface area contributed by atoms with Gasteiger partial charge < -0.3 is 15.1 Å². The summed E-state index contributed by atoms with van der Waals surface area (Å²) in [6, 6.07) is 3.67. The number of aromatic nitrogens is 1. The summed E-state index contributed by atoms with van der Waals surface area (Å²) >= 11 is 0. The molecule has 0 amide bonds. The Balaban J connectivity index is 2.72. The monoisotopic (exact) mass is 196 g/mol. The van der Waals surface area contributed by atoms with Gasteiger partial charge in [-0.3, -0.25) is 0 Å². The highest BCUT2D eigenvalue weighted by Crippen LogP contribution is 2.14. The van der Waals surface area contributed by atoms with E-state index in [9.17, 15) is 5.11 Å². The minimum absolute atomic E-state index is 0.107. The third-order valence-electron chi connectivity index (χ3n) is 2.08. The minimum atomic E-state index is -0.486. The molecule has 2 N–H and O–H groups in total. The van der Waals surface area contributed by atoms with E-state index in [1.54, 1.807) is 13.1 Å². The van der Waals surface area contributed by atoms with Crippen LogP contribution < -0.4 is 4.90 Å². The number of rotatable bonds is 4. The molecule has 0 radical (unpaired) electrons. The summed E-state index contributed by atoms with van der Waals surface area (Å²) in [5.41, 5.74) is 0.797. The van der Waals surface area contributed by atoms with Gasteiger partial charge in [0.2, 0.25) is 0 Å². The van der Waals surface area contributed by atoms with E-state index in [4.69, 9.17) is 5.11 Å². The van der Waals surface area contributed by atoms with Gasteiger partial charge in [0.15, 0.2) is 0 Å². The maximum atomic E-state index is 9.26. The highest BCUT2D eigenvalue weighted by atomic mass is 16.3. The average Bonchev–Trinajstić information content (AvgIpc) is 2.18. The molecule has 1 rings (SSSR count). The molecule has 4 heteroatoms. The second-order valence-electron chi connectivity index (χ2n) is 3.27. The van der Waals surface area contributed by atoms with Gasteiger partial charge in [0.25, 0.3) is 0 Å². The molecule has 0 aliphatic heterocycles. The Kier molecular flexibility index (Phi) is 3.85. The minimum Gasteiger partial charge on any atom is -0.395 e. The Morgan fingerprint density at radius 3 is 2.64 bits per heavy atom. The van der Waals surface area contributed by atoms with Crippen molar-refractivity contribution in [2.45, 2.75) is 13.0 Å². The van der Waals surface area contributed by atoms with E-state index in [0.29, 0.717) is 6.54 Å². The molecule has 1 heterocycles. The molecule has 0 spiro atoms. The molecular formula is C10H16N2O2. The van der Waals surface area contributed by atoms with Crippen molar-refractivity contribution in [3.05, 3.63) is 23.9 Å². The SMILES string of the molecule is C[C@H](O)c1ccc(N(C)CCO)nc1. The van der Waals surface area contributed by atoms with Crippen LogP contribution in [0.1, 0.15) is 18.6 Å². The van der Waals surface area contributed by atoms with Crippen LogP contribution in [0.5, 0.6) is 0 Å². The molecular weight excluding hydrogens is 180 g/mol. The van der Waals surface area contributed by atoms with E-state index in [0.717, 1.165) is 11.4 Å². The van der Waals surface area contributed by atoms with Crippen LogP contribution >= 0.6 is 0 Å². The van der Waals surface area contributed by atoms with Crippen LogP contribution in [0.2, 0.25) is 0 Å². The van der Waals surface area contributed by atoms with Gasteiger partial charge in [-0.1, -0.05) is 6.07 Å². The first-order chi connectivity index (χ1) is 6.65. The van der Waals surface area contributed by atoms with Crippen molar-refractivity contribution in [1.29, 1.82) is 0 Å². The first kappa shape index (κ1) is 10.9. The van der Waals surface area contributed by atoms with E-state index in [-0.39, 0.29) is 6.61 Å². The lowest BCUT2D eigenvalue weighted by Crippen LogP contribution is -2.22. The fourth-order valence-corrected chi connectivity index (χ4v) is 1.13. The molecule has 0 unspecified atom stereocenters. The second-order valence-corrected chi connectivity index (χ2v) is 3.27.